The molecule has 88 valence electrons. The molecule has 0 aromatic rings. The van der Waals surface area contributed by atoms with Crippen molar-refractivity contribution in [2.45, 2.75) is 51.6 Å². The van der Waals surface area contributed by atoms with E-state index >= 15 is 0 Å². The maximum atomic E-state index is 3.85. The quantitative estimate of drug-likeness (QED) is 0.717. The smallest absolute Gasteiger partial charge is 0.0195 e. The standard InChI is InChI=1S/C13H26N2/c1-5-10-15(13(2,3)4)11-12-8-6-7-9-14-12/h5,12,14H,1,6-11H2,2-4H3. The van der Waals surface area contributed by atoms with Gasteiger partial charge < -0.3 is 5.32 Å². The van der Waals surface area contributed by atoms with Crippen LogP contribution in [0.2, 0.25) is 0 Å². The summed E-state index contributed by atoms with van der Waals surface area (Å²) in [5.74, 6) is 0. The summed E-state index contributed by atoms with van der Waals surface area (Å²) in [4.78, 5) is 2.50. The fourth-order valence-corrected chi connectivity index (χ4v) is 2.12. The van der Waals surface area contributed by atoms with Crippen LogP contribution in [0.3, 0.4) is 0 Å². The van der Waals surface area contributed by atoms with Crippen molar-refractivity contribution < 1.29 is 0 Å². The highest BCUT2D eigenvalue weighted by molar-refractivity contribution is 4.87. The minimum atomic E-state index is 0.243. The Morgan fingerprint density at radius 2 is 2.13 bits per heavy atom. The Bertz CT molecular complexity index is 187. The average molecular weight is 210 g/mol. The zero-order valence-corrected chi connectivity index (χ0v) is 10.6. The van der Waals surface area contributed by atoms with Crippen LogP contribution in [0.4, 0.5) is 0 Å². The summed E-state index contributed by atoms with van der Waals surface area (Å²) in [6.45, 7) is 14.0. The predicted octanol–water partition coefficient (Wildman–Crippen LogP) is 2.42. The zero-order valence-electron chi connectivity index (χ0n) is 10.6. The van der Waals surface area contributed by atoms with Crippen LogP contribution < -0.4 is 5.32 Å². The van der Waals surface area contributed by atoms with Crippen LogP contribution in [0, 0.1) is 0 Å². The molecule has 0 amide bonds. The lowest BCUT2D eigenvalue weighted by atomic mass is 10.0. The highest BCUT2D eigenvalue weighted by atomic mass is 15.2. The first-order valence-corrected chi connectivity index (χ1v) is 6.13. The van der Waals surface area contributed by atoms with Gasteiger partial charge in [-0.05, 0) is 40.2 Å². The van der Waals surface area contributed by atoms with Gasteiger partial charge in [0.25, 0.3) is 0 Å². The predicted molar refractivity (Wildman–Crippen MR) is 67.2 cm³/mol. The molecular weight excluding hydrogens is 184 g/mol. The number of hydrogen-bond acceptors (Lipinski definition) is 2. The lowest BCUT2D eigenvalue weighted by Crippen LogP contribution is -2.50. The topological polar surface area (TPSA) is 15.3 Å². The lowest BCUT2D eigenvalue weighted by molar-refractivity contribution is 0.130. The van der Waals surface area contributed by atoms with Gasteiger partial charge in [0.1, 0.15) is 0 Å². The Labute approximate surface area is 94.7 Å². The van der Waals surface area contributed by atoms with E-state index in [-0.39, 0.29) is 5.54 Å². The first kappa shape index (κ1) is 12.7. The molecule has 2 heteroatoms. The van der Waals surface area contributed by atoms with Crippen LogP contribution in [0.25, 0.3) is 0 Å². The van der Waals surface area contributed by atoms with E-state index in [9.17, 15) is 0 Å². The molecule has 2 nitrogen and oxygen atoms in total. The maximum absolute atomic E-state index is 3.85. The molecule has 0 radical (unpaired) electrons. The summed E-state index contributed by atoms with van der Waals surface area (Å²) in [7, 11) is 0. The van der Waals surface area contributed by atoms with E-state index in [1.54, 1.807) is 0 Å². The van der Waals surface area contributed by atoms with Gasteiger partial charge in [-0.2, -0.15) is 0 Å². The fraction of sp³-hybridized carbons (Fsp3) is 0.846. The molecule has 1 atom stereocenters. The summed E-state index contributed by atoms with van der Waals surface area (Å²) in [6.07, 6.45) is 6.05. The molecule has 1 saturated heterocycles. The highest BCUT2D eigenvalue weighted by Gasteiger charge is 2.23. The first-order chi connectivity index (χ1) is 7.04. The molecular formula is C13H26N2. The third-order valence-corrected chi connectivity index (χ3v) is 3.15. The average Bonchev–Trinajstić information content (AvgIpc) is 2.17. The van der Waals surface area contributed by atoms with Crippen molar-refractivity contribution in [3.63, 3.8) is 0 Å². The Balaban J connectivity index is 2.45. The van der Waals surface area contributed by atoms with E-state index in [1.165, 1.54) is 25.8 Å². The van der Waals surface area contributed by atoms with Crippen molar-refractivity contribution in [2.24, 2.45) is 0 Å². The summed E-state index contributed by atoms with van der Waals surface area (Å²) in [5.41, 5.74) is 0.243. The third-order valence-electron chi connectivity index (χ3n) is 3.15. The number of rotatable bonds is 4. The number of hydrogen-bond donors (Lipinski definition) is 1. The van der Waals surface area contributed by atoms with E-state index in [2.05, 4.69) is 37.6 Å². The molecule has 1 aliphatic rings. The molecule has 0 aliphatic carbocycles. The molecule has 0 aromatic heterocycles. The van der Waals surface area contributed by atoms with Crippen molar-refractivity contribution in [2.75, 3.05) is 19.6 Å². The number of piperidine rings is 1. The van der Waals surface area contributed by atoms with Crippen LogP contribution in [0.1, 0.15) is 40.0 Å². The van der Waals surface area contributed by atoms with Crippen LogP contribution in [-0.2, 0) is 0 Å². The Kier molecular flexibility index (Phi) is 4.81. The summed E-state index contributed by atoms with van der Waals surface area (Å²) < 4.78 is 0. The fourth-order valence-electron chi connectivity index (χ4n) is 2.12. The van der Waals surface area contributed by atoms with E-state index < -0.39 is 0 Å². The molecule has 1 rings (SSSR count). The van der Waals surface area contributed by atoms with E-state index in [0.717, 1.165) is 13.1 Å². The Morgan fingerprint density at radius 1 is 1.40 bits per heavy atom. The molecule has 0 spiro atoms. The van der Waals surface area contributed by atoms with E-state index in [1.807, 2.05) is 6.08 Å². The van der Waals surface area contributed by atoms with Crippen molar-refractivity contribution in [3.05, 3.63) is 12.7 Å². The van der Waals surface area contributed by atoms with Crippen molar-refractivity contribution in [3.8, 4) is 0 Å². The molecule has 1 aliphatic heterocycles. The Morgan fingerprint density at radius 3 is 2.60 bits per heavy atom. The molecule has 0 bridgehead atoms. The van der Waals surface area contributed by atoms with Crippen molar-refractivity contribution in [1.82, 2.24) is 10.2 Å². The summed E-state index contributed by atoms with van der Waals surface area (Å²) in [6, 6.07) is 0.679. The largest absolute Gasteiger partial charge is 0.313 e. The monoisotopic (exact) mass is 210 g/mol. The van der Waals surface area contributed by atoms with E-state index in [0.29, 0.717) is 6.04 Å². The van der Waals surface area contributed by atoms with Gasteiger partial charge in [-0.25, -0.2) is 0 Å². The Hall–Kier alpha value is -0.340. The molecule has 0 aromatic carbocycles. The molecule has 1 heterocycles. The van der Waals surface area contributed by atoms with Crippen LogP contribution in [0.5, 0.6) is 0 Å². The zero-order chi connectivity index (χ0) is 11.3. The second-order valence-corrected chi connectivity index (χ2v) is 5.51. The third kappa shape index (κ3) is 4.35. The van der Waals surface area contributed by atoms with Crippen molar-refractivity contribution >= 4 is 0 Å². The minimum Gasteiger partial charge on any atom is -0.313 e. The van der Waals surface area contributed by atoms with Gasteiger partial charge in [-0.15, -0.1) is 6.58 Å². The van der Waals surface area contributed by atoms with Gasteiger partial charge in [0.05, 0.1) is 0 Å². The SMILES string of the molecule is C=CCN(CC1CCCCN1)C(C)(C)C. The van der Waals surface area contributed by atoms with Crippen molar-refractivity contribution in [1.29, 1.82) is 0 Å². The minimum absolute atomic E-state index is 0.243. The molecule has 1 N–H and O–H groups in total. The summed E-state index contributed by atoms with van der Waals surface area (Å²) >= 11 is 0. The molecule has 15 heavy (non-hydrogen) atoms. The van der Waals surface area contributed by atoms with Crippen LogP contribution in [-0.4, -0.2) is 36.1 Å². The maximum Gasteiger partial charge on any atom is 0.0195 e. The van der Waals surface area contributed by atoms with E-state index in [4.69, 9.17) is 0 Å². The molecule has 1 fully saturated rings. The van der Waals surface area contributed by atoms with Crippen LogP contribution >= 0.6 is 0 Å². The van der Waals surface area contributed by atoms with Crippen LogP contribution in [0.15, 0.2) is 12.7 Å². The second kappa shape index (κ2) is 5.66. The molecule has 0 saturated carbocycles. The van der Waals surface area contributed by atoms with Gasteiger partial charge in [-0.3, -0.25) is 4.90 Å². The van der Waals surface area contributed by atoms with Gasteiger partial charge in [0.15, 0.2) is 0 Å². The second-order valence-electron chi connectivity index (χ2n) is 5.51. The normalized spacial score (nSPS) is 23.1. The van der Waals surface area contributed by atoms with Gasteiger partial charge >= 0.3 is 0 Å². The molecule has 1 unspecified atom stereocenters. The van der Waals surface area contributed by atoms with Gasteiger partial charge in [0.2, 0.25) is 0 Å². The number of nitrogens with one attached hydrogen (secondary N) is 1. The van der Waals surface area contributed by atoms with Gasteiger partial charge in [-0.1, -0.05) is 12.5 Å². The highest BCUT2D eigenvalue weighted by Crippen LogP contribution is 2.16. The lowest BCUT2D eigenvalue weighted by Gasteiger charge is -2.38. The summed E-state index contributed by atoms with van der Waals surface area (Å²) in [5, 5.41) is 3.60. The number of nitrogens with zero attached hydrogens (tertiary/aromatic N) is 1. The van der Waals surface area contributed by atoms with Gasteiger partial charge in [0, 0.05) is 24.7 Å². The first-order valence-electron chi connectivity index (χ1n) is 6.13.